The zero-order valence-electron chi connectivity index (χ0n) is 17.2. The van der Waals surface area contributed by atoms with Crippen molar-refractivity contribution in [3.8, 4) is 11.4 Å². The van der Waals surface area contributed by atoms with Crippen LogP contribution >= 0.6 is 11.8 Å². The molecule has 0 amide bonds. The van der Waals surface area contributed by atoms with Crippen molar-refractivity contribution in [2.45, 2.75) is 43.8 Å². The van der Waals surface area contributed by atoms with Crippen molar-refractivity contribution in [3.63, 3.8) is 0 Å². The van der Waals surface area contributed by atoms with Gasteiger partial charge < -0.3 is 5.11 Å². The molecule has 0 radical (unpaired) electrons. The summed E-state index contributed by atoms with van der Waals surface area (Å²) in [6.45, 7) is 8.30. The van der Waals surface area contributed by atoms with Crippen LogP contribution in [0.3, 0.4) is 0 Å². The second kappa shape index (κ2) is 7.56. The summed E-state index contributed by atoms with van der Waals surface area (Å²) < 4.78 is 0. The average Bonchev–Trinajstić information content (AvgIpc) is 3.11. The summed E-state index contributed by atoms with van der Waals surface area (Å²) in [6, 6.07) is 20.5. The quantitative estimate of drug-likeness (QED) is 0.423. The van der Waals surface area contributed by atoms with Crippen molar-refractivity contribution in [2.24, 2.45) is 0 Å². The molecule has 148 valence electrons. The summed E-state index contributed by atoms with van der Waals surface area (Å²) in [7, 11) is 0. The molecule has 0 bridgehead atoms. The predicted octanol–water partition coefficient (Wildman–Crippen LogP) is 6.02. The molecule has 1 heterocycles. The molecule has 0 saturated heterocycles. The molecule has 1 aromatic heterocycles. The number of phenolic OH excluding ortho intramolecular Hbond substituents is 1. The van der Waals surface area contributed by atoms with Crippen LogP contribution in [0.4, 0.5) is 0 Å². The number of aryl methyl sites for hydroxylation is 1. The maximum absolute atomic E-state index is 10.9. The molecule has 4 aromatic rings. The molecule has 0 spiro atoms. The van der Waals surface area contributed by atoms with E-state index in [0.29, 0.717) is 5.69 Å². The van der Waals surface area contributed by atoms with E-state index in [0.717, 1.165) is 32.8 Å². The van der Waals surface area contributed by atoms with Crippen molar-refractivity contribution in [2.75, 3.05) is 0 Å². The number of nitrogens with zero attached hydrogens (tertiary/aromatic N) is 3. The van der Waals surface area contributed by atoms with Gasteiger partial charge in [0.2, 0.25) is 0 Å². The van der Waals surface area contributed by atoms with Crippen LogP contribution in [0.2, 0.25) is 0 Å². The Hall–Kier alpha value is -2.79. The van der Waals surface area contributed by atoms with E-state index in [4.69, 9.17) is 0 Å². The number of benzene rings is 3. The first kappa shape index (κ1) is 19.5. The van der Waals surface area contributed by atoms with Crippen LogP contribution in [0, 0.1) is 6.92 Å². The van der Waals surface area contributed by atoms with Crippen molar-refractivity contribution in [3.05, 3.63) is 77.4 Å². The summed E-state index contributed by atoms with van der Waals surface area (Å²) >= 11 is 1.78. The lowest BCUT2D eigenvalue weighted by Gasteiger charge is -2.22. The first-order chi connectivity index (χ1) is 13.8. The van der Waals surface area contributed by atoms with E-state index in [1.807, 2.05) is 31.2 Å². The zero-order chi connectivity index (χ0) is 20.6. The molecule has 4 nitrogen and oxygen atoms in total. The fourth-order valence-corrected chi connectivity index (χ4v) is 4.20. The Morgan fingerprint density at radius 2 is 1.66 bits per heavy atom. The first-order valence-corrected chi connectivity index (χ1v) is 10.7. The van der Waals surface area contributed by atoms with Crippen LogP contribution in [-0.2, 0) is 11.2 Å². The van der Waals surface area contributed by atoms with Crippen molar-refractivity contribution >= 4 is 22.8 Å². The number of rotatable bonds is 4. The highest BCUT2D eigenvalue weighted by Gasteiger charge is 2.22. The summed E-state index contributed by atoms with van der Waals surface area (Å²) in [4.78, 5) is 2.70. The maximum Gasteiger partial charge on any atom is 0.146 e. The third kappa shape index (κ3) is 4.15. The van der Waals surface area contributed by atoms with Crippen molar-refractivity contribution in [1.82, 2.24) is 15.0 Å². The van der Waals surface area contributed by atoms with Crippen LogP contribution in [-0.4, -0.2) is 20.1 Å². The molecule has 0 atom stereocenters. The number of thioether (sulfide) groups is 1. The SMILES string of the molecule is Cc1cc(-n2nc3ccc(SCc4ccccc4)cc3n2)c(O)c(C(C)(C)C)c1. The molecule has 29 heavy (non-hydrogen) atoms. The molecule has 0 aliphatic rings. The van der Waals surface area contributed by atoms with Crippen molar-refractivity contribution < 1.29 is 5.11 Å². The fraction of sp³-hybridized carbons (Fsp3) is 0.250. The van der Waals surface area contributed by atoms with Gasteiger partial charge in [0.1, 0.15) is 22.5 Å². The molecular weight excluding hydrogens is 378 g/mol. The topological polar surface area (TPSA) is 50.9 Å². The summed E-state index contributed by atoms with van der Waals surface area (Å²) in [5.41, 5.74) is 5.34. The number of aromatic nitrogens is 3. The normalized spacial score (nSPS) is 11.9. The minimum Gasteiger partial charge on any atom is -0.505 e. The second-order valence-corrected chi connectivity index (χ2v) is 9.39. The molecule has 0 unspecified atom stereocenters. The Kier molecular flexibility index (Phi) is 5.09. The monoisotopic (exact) mass is 403 g/mol. The lowest BCUT2D eigenvalue weighted by molar-refractivity contribution is 0.440. The predicted molar refractivity (Wildman–Crippen MR) is 120 cm³/mol. The number of phenols is 1. The average molecular weight is 404 g/mol. The number of hydrogen-bond acceptors (Lipinski definition) is 4. The Bertz CT molecular complexity index is 1160. The lowest BCUT2D eigenvalue weighted by atomic mass is 9.85. The van der Waals surface area contributed by atoms with Gasteiger partial charge in [-0.3, -0.25) is 0 Å². The Morgan fingerprint density at radius 1 is 0.931 bits per heavy atom. The molecule has 5 heteroatoms. The van der Waals surface area contributed by atoms with E-state index in [9.17, 15) is 5.11 Å². The third-order valence-corrected chi connectivity index (χ3v) is 5.92. The van der Waals surface area contributed by atoms with Gasteiger partial charge in [0.25, 0.3) is 0 Å². The van der Waals surface area contributed by atoms with E-state index in [2.05, 4.69) is 67.4 Å². The van der Waals surface area contributed by atoms with Crippen LogP contribution < -0.4 is 0 Å². The molecule has 1 N–H and O–H groups in total. The summed E-state index contributed by atoms with van der Waals surface area (Å²) in [5, 5.41) is 20.1. The van der Waals surface area contributed by atoms with Gasteiger partial charge in [-0.2, -0.15) is 0 Å². The maximum atomic E-state index is 10.9. The van der Waals surface area contributed by atoms with E-state index in [1.165, 1.54) is 5.56 Å². The minimum atomic E-state index is -0.168. The third-order valence-electron chi connectivity index (χ3n) is 4.86. The molecule has 3 aromatic carbocycles. The highest BCUT2D eigenvalue weighted by atomic mass is 32.2. The molecular formula is C24H25N3OS. The van der Waals surface area contributed by atoms with E-state index in [-0.39, 0.29) is 11.2 Å². The number of hydrogen-bond donors (Lipinski definition) is 1. The fourth-order valence-electron chi connectivity index (χ4n) is 3.32. The summed E-state index contributed by atoms with van der Waals surface area (Å²) in [5.74, 6) is 1.15. The van der Waals surface area contributed by atoms with Gasteiger partial charge in [-0.1, -0.05) is 57.2 Å². The van der Waals surface area contributed by atoms with Gasteiger partial charge in [0.15, 0.2) is 0 Å². The van der Waals surface area contributed by atoms with Crippen LogP contribution in [0.1, 0.15) is 37.5 Å². The van der Waals surface area contributed by atoms with Gasteiger partial charge in [-0.05, 0) is 47.7 Å². The van der Waals surface area contributed by atoms with E-state index in [1.54, 1.807) is 16.6 Å². The van der Waals surface area contributed by atoms with Crippen LogP contribution in [0.25, 0.3) is 16.7 Å². The van der Waals surface area contributed by atoms with Gasteiger partial charge in [0, 0.05) is 16.2 Å². The van der Waals surface area contributed by atoms with Gasteiger partial charge in [0.05, 0.1) is 0 Å². The smallest absolute Gasteiger partial charge is 0.146 e. The number of aromatic hydroxyl groups is 1. The van der Waals surface area contributed by atoms with Crippen LogP contribution in [0.5, 0.6) is 5.75 Å². The van der Waals surface area contributed by atoms with E-state index >= 15 is 0 Å². The second-order valence-electron chi connectivity index (χ2n) is 8.34. The van der Waals surface area contributed by atoms with Crippen molar-refractivity contribution in [1.29, 1.82) is 0 Å². The minimum absolute atomic E-state index is 0.168. The van der Waals surface area contributed by atoms with Gasteiger partial charge in [-0.15, -0.1) is 26.8 Å². The Labute approximate surface area is 175 Å². The lowest BCUT2D eigenvalue weighted by Crippen LogP contribution is -2.13. The molecule has 0 fully saturated rings. The van der Waals surface area contributed by atoms with Gasteiger partial charge in [-0.25, -0.2) is 0 Å². The Balaban J connectivity index is 1.67. The van der Waals surface area contributed by atoms with E-state index < -0.39 is 0 Å². The first-order valence-electron chi connectivity index (χ1n) is 9.69. The largest absolute Gasteiger partial charge is 0.505 e. The Morgan fingerprint density at radius 3 is 2.38 bits per heavy atom. The highest BCUT2D eigenvalue weighted by molar-refractivity contribution is 7.98. The van der Waals surface area contributed by atoms with Crippen LogP contribution in [0.15, 0.2) is 65.6 Å². The molecule has 0 saturated carbocycles. The number of fused-ring (bicyclic) bond motifs is 1. The highest BCUT2D eigenvalue weighted by Crippen LogP contribution is 2.36. The summed E-state index contributed by atoms with van der Waals surface area (Å²) in [6.07, 6.45) is 0. The zero-order valence-corrected chi connectivity index (χ0v) is 18.0. The standard InChI is InChI=1S/C24H25N3OS/c1-16-12-19(24(2,3)4)23(28)22(13-16)27-25-20-11-10-18(14-21(20)26-27)29-15-17-8-6-5-7-9-17/h5-14,28H,15H2,1-4H3. The molecule has 0 aliphatic carbocycles. The molecule has 4 rings (SSSR count). The molecule has 0 aliphatic heterocycles. The van der Waals surface area contributed by atoms with Gasteiger partial charge >= 0.3 is 0 Å².